The molecule has 2 aromatic rings. The van der Waals surface area contributed by atoms with Crippen molar-refractivity contribution in [2.75, 3.05) is 13.2 Å². The first-order valence-electron chi connectivity index (χ1n) is 7.12. The number of amides is 1. The molecule has 0 aliphatic carbocycles. The van der Waals surface area contributed by atoms with Crippen molar-refractivity contribution < 1.29 is 9.53 Å². The van der Waals surface area contributed by atoms with Crippen molar-refractivity contribution >= 4 is 16.8 Å². The highest BCUT2D eigenvalue weighted by Crippen LogP contribution is 2.18. The molecule has 0 radical (unpaired) electrons. The first kappa shape index (κ1) is 15.1. The number of aromatic nitrogens is 1. The Labute approximate surface area is 123 Å². The van der Waals surface area contributed by atoms with Gasteiger partial charge in [-0.05, 0) is 31.5 Å². The van der Waals surface area contributed by atoms with Gasteiger partial charge < -0.3 is 14.6 Å². The maximum Gasteiger partial charge on any atom is 0.256 e. The van der Waals surface area contributed by atoms with E-state index in [2.05, 4.69) is 5.32 Å². The summed E-state index contributed by atoms with van der Waals surface area (Å²) in [7, 11) is 1.82. The summed E-state index contributed by atoms with van der Waals surface area (Å²) in [6, 6.07) is 5.34. The van der Waals surface area contributed by atoms with E-state index in [1.54, 1.807) is 16.8 Å². The predicted octanol–water partition coefficient (Wildman–Crippen LogP) is 2.08. The number of fused-ring (bicyclic) bond motifs is 1. The van der Waals surface area contributed by atoms with E-state index in [-0.39, 0.29) is 16.9 Å². The Kier molecular flexibility index (Phi) is 4.62. The van der Waals surface area contributed by atoms with Crippen LogP contribution in [0.1, 0.15) is 30.6 Å². The number of hydrogen-bond acceptors (Lipinski definition) is 3. The maximum absolute atomic E-state index is 12.5. The monoisotopic (exact) mass is 288 g/mol. The van der Waals surface area contributed by atoms with E-state index in [9.17, 15) is 9.59 Å². The van der Waals surface area contributed by atoms with Gasteiger partial charge in [0, 0.05) is 19.8 Å². The fourth-order valence-electron chi connectivity index (χ4n) is 2.22. The lowest BCUT2D eigenvalue weighted by Crippen LogP contribution is -2.30. The summed E-state index contributed by atoms with van der Waals surface area (Å²) >= 11 is 0. The van der Waals surface area contributed by atoms with Gasteiger partial charge in [-0.1, -0.05) is 6.92 Å². The number of nitrogens with one attached hydrogen (secondary N) is 1. The number of ether oxygens (including phenoxy) is 1. The molecule has 0 fully saturated rings. The molecule has 0 unspecified atom stereocenters. The van der Waals surface area contributed by atoms with Crippen molar-refractivity contribution in [3.63, 3.8) is 0 Å². The molecular formula is C16H20N2O3. The third kappa shape index (κ3) is 3.07. The molecule has 5 heteroatoms. The van der Waals surface area contributed by atoms with Gasteiger partial charge in [-0.25, -0.2) is 0 Å². The Morgan fingerprint density at radius 2 is 2.10 bits per heavy atom. The smallest absolute Gasteiger partial charge is 0.256 e. The highest BCUT2D eigenvalue weighted by atomic mass is 16.5. The molecule has 5 nitrogen and oxygen atoms in total. The van der Waals surface area contributed by atoms with E-state index in [1.165, 1.54) is 0 Å². The van der Waals surface area contributed by atoms with E-state index in [0.717, 1.165) is 11.9 Å². The topological polar surface area (TPSA) is 60.3 Å². The molecule has 1 heterocycles. The van der Waals surface area contributed by atoms with E-state index < -0.39 is 0 Å². The Morgan fingerprint density at radius 3 is 2.76 bits per heavy atom. The molecule has 21 heavy (non-hydrogen) atoms. The Balaban J connectivity index is 2.56. The average molecular weight is 288 g/mol. The lowest BCUT2D eigenvalue weighted by atomic mass is 10.1. The standard InChI is InChI=1S/C16H20N2O3/c1-4-8-17-16(20)13-10-18(3)14-7-6-11(21-5-2)9-12(14)15(13)19/h6-7,9-10H,4-5,8H2,1-3H3,(H,17,20). The van der Waals surface area contributed by atoms with Gasteiger partial charge in [-0.3, -0.25) is 9.59 Å². The zero-order chi connectivity index (χ0) is 15.4. The molecule has 0 spiro atoms. The van der Waals surface area contributed by atoms with E-state index >= 15 is 0 Å². The number of nitrogens with zero attached hydrogens (tertiary/aromatic N) is 1. The molecule has 0 atom stereocenters. The van der Waals surface area contributed by atoms with Crippen molar-refractivity contribution in [3.05, 3.63) is 40.2 Å². The van der Waals surface area contributed by atoms with Crippen LogP contribution in [0.3, 0.4) is 0 Å². The van der Waals surface area contributed by atoms with Crippen LogP contribution in [0.4, 0.5) is 0 Å². The van der Waals surface area contributed by atoms with Crippen LogP contribution in [0, 0.1) is 0 Å². The van der Waals surface area contributed by atoms with Crippen LogP contribution in [0.25, 0.3) is 10.9 Å². The quantitative estimate of drug-likeness (QED) is 0.916. The first-order valence-corrected chi connectivity index (χ1v) is 7.12. The van der Waals surface area contributed by atoms with Crippen molar-refractivity contribution in [1.29, 1.82) is 0 Å². The fraction of sp³-hybridized carbons (Fsp3) is 0.375. The molecule has 0 saturated carbocycles. The van der Waals surface area contributed by atoms with Crippen LogP contribution in [-0.2, 0) is 7.05 Å². The van der Waals surface area contributed by atoms with Crippen LogP contribution >= 0.6 is 0 Å². The number of carbonyl (C=O) groups excluding carboxylic acids is 1. The minimum atomic E-state index is -0.332. The van der Waals surface area contributed by atoms with Crippen LogP contribution in [0.5, 0.6) is 5.75 Å². The van der Waals surface area contributed by atoms with E-state index in [1.807, 2.05) is 33.0 Å². The third-order valence-corrected chi connectivity index (χ3v) is 3.25. The lowest BCUT2D eigenvalue weighted by molar-refractivity contribution is 0.0952. The molecular weight excluding hydrogens is 268 g/mol. The van der Waals surface area contributed by atoms with Crippen LogP contribution in [-0.4, -0.2) is 23.6 Å². The number of rotatable bonds is 5. The summed E-state index contributed by atoms with van der Waals surface area (Å²) in [5.74, 6) is 0.300. The maximum atomic E-state index is 12.5. The molecule has 0 aliphatic heterocycles. The normalized spacial score (nSPS) is 10.6. The minimum absolute atomic E-state index is 0.159. The summed E-state index contributed by atoms with van der Waals surface area (Å²) in [6.07, 6.45) is 2.41. The highest BCUT2D eigenvalue weighted by Gasteiger charge is 2.14. The number of pyridine rings is 1. The molecule has 2 rings (SSSR count). The second-order valence-electron chi connectivity index (χ2n) is 4.85. The van der Waals surface area contributed by atoms with Gasteiger partial charge in [0.25, 0.3) is 5.91 Å². The van der Waals surface area contributed by atoms with Gasteiger partial charge in [0.2, 0.25) is 5.43 Å². The fourth-order valence-corrected chi connectivity index (χ4v) is 2.22. The number of benzene rings is 1. The molecule has 1 aromatic heterocycles. The summed E-state index contributed by atoms with van der Waals surface area (Å²) in [6.45, 7) is 4.94. The SMILES string of the molecule is CCCNC(=O)c1cn(C)c2ccc(OCC)cc2c1=O. The molecule has 0 saturated heterocycles. The van der Waals surface area contributed by atoms with Gasteiger partial charge in [-0.2, -0.15) is 0 Å². The molecule has 0 bridgehead atoms. The summed E-state index contributed by atoms with van der Waals surface area (Å²) in [5, 5.41) is 3.23. The molecule has 1 aromatic carbocycles. The number of aryl methyl sites for hydroxylation is 1. The molecule has 1 amide bonds. The molecule has 0 aliphatic rings. The van der Waals surface area contributed by atoms with Gasteiger partial charge in [0.05, 0.1) is 17.5 Å². The molecule has 112 valence electrons. The van der Waals surface area contributed by atoms with Crippen molar-refractivity contribution in [1.82, 2.24) is 9.88 Å². The Bertz CT molecular complexity index is 719. The van der Waals surface area contributed by atoms with Crippen LogP contribution in [0.15, 0.2) is 29.2 Å². The highest BCUT2D eigenvalue weighted by molar-refractivity contribution is 5.97. The molecule has 1 N–H and O–H groups in total. The zero-order valence-corrected chi connectivity index (χ0v) is 12.6. The van der Waals surface area contributed by atoms with Crippen molar-refractivity contribution in [2.24, 2.45) is 7.05 Å². The first-order chi connectivity index (χ1) is 10.1. The summed E-state index contributed by atoms with van der Waals surface area (Å²) in [4.78, 5) is 24.6. The van der Waals surface area contributed by atoms with Gasteiger partial charge in [0.1, 0.15) is 11.3 Å². The van der Waals surface area contributed by atoms with Crippen molar-refractivity contribution in [2.45, 2.75) is 20.3 Å². The van der Waals surface area contributed by atoms with E-state index in [0.29, 0.717) is 24.3 Å². The average Bonchev–Trinajstić information content (AvgIpc) is 2.48. The van der Waals surface area contributed by atoms with Crippen LogP contribution in [0.2, 0.25) is 0 Å². The Morgan fingerprint density at radius 1 is 1.33 bits per heavy atom. The van der Waals surface area contributed by atoms with Gasteiger partial charge in [0.15, 0.2) is 0 Å². The summed E-state index contributed by atoms with van der Waals surface area (Å²) in [5.41, 5.74) is 0.667. The lowest BCUT2D eigenvalue weighted by Gasteiger charge is -2.11. The number of hydrogen-bond donors (Lipinski definition) is 1. The van der Waals surface area contributed by atoms with Gasteiger partial charge in [-0.15, -0.1) is 0 Å². The van der Waals surface area contributed by atoms with Gasteiger partial charge >= 0.3 is 0 Å². The predicted molar refractivity (Wildman–Crippen MR) is 83.0 cm³/mol. The second kappa shape index (κ2) is 6.43. The second-order valence-corrected chi connectivity index (χ2v) is 4.85. The number of carbonyl (C=O) groups is 1. The Hall–Kier alpha value is -2.30. The van der Waals surface area contributed by atoms with Crippen molar-refractivity contribution in [3.8, 4) is 5.75 Å². The third-order valence-electron chi connectivity index (χ3n) is 3.25. The minimum Gasteiger partial charge on any atom is -0.494 e. The van der Waals surface area contributed by atoms with E-state index in [4.69, 9.17) is 4.74 Å². The zero-order valence-electron chi connectivity index (χ0n) is 12.6. The largest absolute Gasteiger partial charge is 0.494 e. The van der Waals surface area contributed by atoms with Crippen LogP contribution < -0.4 is 15.5 Å². The summed E-state index contributed by atoms with van der Waals surface area (Å²) < 4.78 is 7.21.